The van der Waals surface area contributed by atoms with Crippen LogP contribution < -0.4 is 10.2 Å². The lowest BCUT2D eigenvalue weighted by Gasteiger charge is -2.29. The van der Waals surface area contributed by atoms with Crippen molar-refractivity contribution < 1.29 is 14.0 Å². The summed E-state index contributed by atoms with van der Waals surface area (Å²) in [7, 11) is 0. The fourth-order valence-electron chi connectivity index (χ4n) is 3.14. The van der Waals surface area contributed by atoms with Crippen LogP contribution in [0.15, 0.2) is 36.4 Å². The Labute approximate surface area is 163 Å². The minimum atomic E-state index is -0.553. The highest BCUT2D eigenvalue weighted by Crippen LogP contribution is 2.30. The Morgan fingerprint density at radius 1 is 1.26 bits per heavy atom. The normalized spacial score (nSPS) is 13.4. The summed E-state index contributed by atoms with van der Waals surface area (Å²) in [6.07, 6.45) is 1.77. The minimum Gasteiger partial charge on any atom is -0.306 e. The highest BCUT2D eigenvalue weighted by atomic mass is 35.5. The van der Waals surface area contributed by atoms with Gasteiger partial charge >= 0.3 is 6.03 Å². The fourth-order valence-corrected chi connectivity index (χ4v) is 3.37. The molecule has 3 rings (SSSR count). The van der Waals surface area contributed by atoms with Crippen LogP contribution in [-0.4, -0.2) is 18.4 Å². The summed E-state index contributed by atoms with van der Waals surface area (Å²) in [5, 5.41) is 2.90. The molecular weight excluding hydrogens is 367 g/mol. The number of benzene rings is 2. The first-order chi connectivity index (χ1) is 12.9. The Morgan fingerprint density at radius 2 is 2.00 bits per heavy atom. The third-order valence-electron chi connectivity index (χ3n) is 4.74. The number of amides is 2. The van der Waals surface area contributed by atoms with Crippen LogP contribution in [0.4, 0.5) is 20.6 Å². The molecule has 0 bridgehead atoms. The number of hydrogen-bond acceptors (Lipinski definition) is 2. The van der Waals surface area contributed by atoms with Gasteiger partial charge in [0.2, 0.25) is 0 Å². The Morgan fingerprint density at radius 3 is 2.74 bits per heavy atom. The zero-order chi connectivity index (χ0) is 19.6. The molecule has 27 heavy (non-hydrogen) atoms. The SMILES string of the molecule is CC(C)C(=O)Cc1cc(Cl)c(NC(=O)N2CCCc3ccccc32)cc1F. The predicted octanol–water partition coefficient (Wildman–Crippen LogP) is 5.23. The molecular formula is C21H22ClFN2O2. The van der Waals surface area contributed by atoms with Gasteiger partial charge in [0.15, 0.2) is 0 Å². The molecule has 0 unspecified atom stereocenters. The number of halogens is 2. The molecule has 6 heteroatoms. The molecule has 2 aromatic carbocycles. The van der Waals surface area contributed by atoms with Crippen LogP contribution >= 0.6 is 11.6 Å². The number of para-hydroxylation sites is 1. The lowest BCUT2D eigenvalue weighted by Crippen LogP contribution is -2.38. The molecule has 0 aliphatic carbocycles. The van der Waals surface area contributed by atoms with Crippen LogP contribution in [-0.2, 0) is 17.6 Å². The first-order valence-electron chi connectivity index (χ1n) is 9.04. The molecule has 0 atom stereocenters. The molecule has 4 nitrogen and oxygen atoms in total. The molecule has 0 radical (unpaired) electrons. The number of nitrogens with zero attached hydrogens (tertiary/aromatic N) is 1. The molecule has 0 saturated heterocycles. The number of rotatable bonds is 4. The lowest BCUT2D eigenvalue weighted by atomic mass is 10.0. The van der Waals surface area contributed by atoms with Gasteiger partial charge in [0, 0.05) is 24.6 Å². The number of nitrogens with one attached hydrogen (secondary N) is 1. The number of hydrogen-bond donors (Lipinski definition) is 1. The summed E-state index contributed by atoms with van der Waals surface area (Å²) in [4.78, 5) is 26.2. The number of anilines is 2. The van der Waals surface area contributed by atoms with Crippen LogP contribution in [0.1, 0.15) is 31.4 Å². The Bertz CT molecular complexity index is 882. The van der Waals surface area contributed by atoms with Gasteiger partial charge in [-0.15, -0.1) is 0 Å². The van der Waals surface area contributed by atoms with E-state index < -0.39 is 5.82 Å². The van der Waals surface area contributed by atoms with Crippen molar-refractivity contribution in [2.24, 2.45) is 5.92 Å². The maximum atomic E-state index is 14.4. The number of Topliss-reactive ketones (excluding diaryl/α,β-unsaturated/α-hetero) is 1. The number of aryl methyl sites for hydroxylation is 1. The monoisotopic (exact) mass is 388 g/mol. The predicted molar refractivity (Wildman–Crippen MR) is 106 cm³/mol. The average molecular weight is 389 g/mol. The molecule has 2 aromatic rings. The van der Waals surface area contributed by atoms with E-state index in [1.807, 2.05) is 24.3 Å². The van der Waals surface area contributed by atoms with Gasteiger partial charge in [-0.05, 0) is 42.2 Å². The molecule has 142 valence electrons. The first-order valence-corrected chi connectivity index (χ1v) is 9.41. The van der Waals surface area contributed by atoms with Crippen LogP contribution in [0.3, 0.4) is 0 Å². The van der Waals surface area contributed by atoms with Gasteiger partial charge in [-0.3, -0.25) is 9.69 Å². The molecule has 0 fully saturated rings. The van der Waals surface area contributed by atoms with Gasteiger partial charge in [0.25, 0.3) is 0 Å². The van der Waals surface area contributed by atoms with E-state index in [1.165, 1.54) is 12.1 Å². The number of ketones is 1. The summed E-state index contributed by atoms with van der Waals surface area (Å²) in [5.41, 5.74) is 2.40. The highest BCUT2D eigenvalue weighted by Gasteiger charge is 2.23. The van der Waals surface area contributed by atoms with E-state index in [-0.39, 0.29) is 40.4 Å². The number of urea groups is 1. The molecule has 1 N–H and O–H groups in total. The second kappa shape index (κ2) is 8.09. The second-order valence-electron chi connectivity index (χ2n) is 7.04. The summed E-state index contributed by atoms with van der Waals surface area (Å²) in [6, 6.07) is 9.98. The molecule has 0 saturated carbocycles. The largest absolute Gasteiger partial charge is 0.326 e. The standard InChI is InChI=1S/C21H22ClFN2O2/c1-13(2)20(26)11-15-10-16(22)18(12-17(15)23)24-21(27)25-9-5-7-14-6-3-4-8-19(14)25/h3-4,6,8,10,12-13H,5,7,9,11H2,1-2H3,(H,24,27). The Balaban J connectivity index is 1.79. The van der Waals surface area contributed by atoms with Crippen LogP contribution in [0.25, 0.3) is 0 Å². The van der Waals surface area contributed by atoms with Crippen molar-refractivity contribution in [3.05, 3.63) is 58.4 Å². The Kier molecular flexibility index (Phi) is 5.80. The molecule has 1 aliphatic heterocycles. The van der Waals surface area contributed by atoms with Crippen molar-refractivity contribution in [2.75, 3.05) is 16.8 Å². The zero-order valence-electron chi connectivity index (χ0n) is 15.4. The zero-order valence-corrected chi connectivity index (χ0v) is 16.1. The van der Waals surface area contributed by atoms with Gasteiger partial charge in [0.05, 0.1) is 10.7 Å². The average Bonchev–Trinajstić information content (AvgIpc) is 2.65. The third kappa shape index (κ3) is 4.30. The van der Waals surface area contributed by atoms with E-state index in [4.69, 9.17) is 11.6 Å². The third-order valence-corrected chi connectivity index (χ3v) is 5.05. The van der Waals surface area contributed by atoms with E-state index >= 15 is 0 Å². The molecule has 1 heterocycles. The van der Waals surface area contributed by atoms with Gasteiger partial charge in [-0.25, -0.2) is 9.18 Å². The van der Waals surface area contributed by atoms with E-state index in [0.29, 0.717) is 6.54 Å². The molecule has 2 amide bonds. The maximum absolute atomic E-state index is 14.4. The van der Waals surface area contributed by atoms with E-state index in [2.05, 4.69) is 5.32 Å². The first kappa shape index (κ1) is 19.4. The topological polar surface area (TPSA) is 49.4 Å². The van der Waals surface area contributed by atoms with E-state index in [1.54, 1.807) is 18.7 Å². The van der Waals surface area contributed by atoms with Crippen molar-refractivity contribution in [3.63, 3.8) is 0 Å². The van der Waals surface area contributed by atoms with Crippen molar-refractivity contribution in [3.8, 4) is 0 Å². The van der Waals surface area contributed by atoms with E-state index in [0.717, 1.165) is 24.1 Å². The smallest absolute Gasteiger partial charge is 0.306 e. The fraction of sp³-hybridized carbons (Fsp3) is 0.333. The number of carbonyl (C=O) groups excluding carboxylic acids is 2. The highest BCUT2D eigenvalue weighted by molar-refractivity contribution is 6.34. The molecule has 0 spiro atoms. The van der Waals surface area contributed by atoms with Crippen LogP contribution in [0.2, 0.25) is 5.02 Å². The number of fused-ring (bicyclic) bond motifs is 1. The summed E-state index contributed by atoms with van der Waals surface area (Å²) in [6.45, 7) is 4.13. The van der Waals surface area contributed by atoms with Gasteiger partial charge in [-0.2, -0.15) is 0 Å². The second-order valence-corrected chi connectivity index (χ2v) is 7.44. The van der Waals surface area contributed by atoms with Crippen molar-refractivity contribution in [2.45, 2.75) is 33.1 Å². The summed E-state index contributed by atoms with van der Waals surface area (Å²) >= 11 is 6.24. The van der Waals surface area contributed by atoms with Crippen molar-refractivity contribution >= 4 is 34.8 Å². The van der Waals surface area contributed by atoms with Crippen LogP contribution in [0, 0.1) is 11.7 Å². The molecule has 1 aliphatic rings. The molecule has 0 aromatic heterocycles. The number of carbonyl (C=O) groups is 2. The summed E-state index contributed by atoms with van der Waals surface area (Å²) < 4.78 is 14.4. The minimum absolute atomic E-state index is 0.0169. The lowest BCUT2D eigenvalue weighted by molar-refractivity contribution is -0.121. The van der Waals surface area contributed by atoms with Gasteiger partial charge < -0.3 is 5.32 Å². The quantitative estimate of drug-likeness (QED) is 0.779. The van der Waals surface area contributed by atoms with Crippen molar-refractivity contribution in [1.82, 2.24) is 0 Å². The summed E-state index contributed by atoms with van der Waals surface area (Å²) in [5.74, 6) is -0.795. The Hall–Kier alpha value is -2.40. The van der Waals surface area contributed by atoms with Crippen LogP contribution in [0.5, 0.6) is 0 Å². The van der Waals surface area contributed by atoms with E-state index in [9.17, 15) is 14.0 Å². The maximum Gasteiger partial charge on any atom is 0.326 e. The van der Waals surface area contributed by atoms with Crippen molar-refractivity contribution in [1.29, 1.82) is 0 Å². The van der Waals surface area contributed by atoms with Gasteiger partial charge in [-0.1, -0.05) is 43.6 Å². The van der Waals surface area contributed by atoms with Gasteiger partial charge in [0.1, 0.15) is 11.6 Å².